The molecule has 0 saturated heterocycles. The van der Waals surface area contributed by atoms with Gasteiger partial charge in [-0.15, -0.1) is 0 Å². The van der Waals surface area contributed by atoms with Crippen LogP contribution in [0.15, 0.2) is 121 Å². The number of hydrogen-bond donors (Lipinski definition) is 0. The van der Waals surface area contributed by atoms with Gasteiger partial charge in [-0.05, 0) is 143 Å². The summed E-state index contributed by atoms with van der Waals surface area (Å²) >= 11 is 0. The predicted octanol–water partition coefficient (Wildman–Crippen LogP) is 14.9. The van der Waals surface area contributed by atoms with E-state index < -0.39 is 0 Å². The summed E-state index contributed by atoms with van der Waals surface area (Å²) in [7, 11) is 0. The normalized spacial score (nSPS) is 18.5. The van der Waals surface area contributed by atoms with Crippen molar-refractivity contribution in [3.05, 3.63) is 160 Å². The van der Waals surface area contributed by atoms with Gasteiger partial charge in [0, 0.05) is 28.4 Å². The molecule has 0 fully saturated rings. The fourth-order valence-corrected chi connectivity index (χ4v) is 9.22. The highest BCUT2D eigenvalue weighted by molar-refractivity contribution is 5.81. The summed E-state index contributed by atoms with van der Waals surface area (Å²) < 4.78 is 6.50. The van der Waals surface area contributed by atoms with Crippen LogP contribution in [-0.2, 0) is 21.0 Å². The lowest BCUT2D eigenvalue weighted by Gasteiger charge is -2.44. The number of hydrogen-bond acceptors (Lipinski definition) is 2. The van der Waals surface area contributed by atoms with Crippen molar-refractivity contribution < 1.29 is 4.74 Å². The van der Waals surface area contributed by atoms with E-state index in [-0.39, 0.29) is 33.2 Å². The maximum atomic E-state index is 6.50. The third-order valence-electron chi connectivity index (χ3n) is 13.5. The molecule has 55 heavy (non-hydrogen) atoms. The Hall–Kier alpha value is -4.56. The van der Waals surface area contributed by atoms with Crippen molar-refractivity contribution in [1.29, 1.82) is 0 Å². The lowest BCUT2D eigenvalue weighted by Crippen LogP contribution is -2.38. The van der Waals surface area contributed by atoms with Gasteiger partial charge in [-0.3, -0.25) is 0 Å². The Morgan fingerprint density at radius 2 is 1.24 bits per heavy atom. The smallest absolute Gasteiger partial charge is 0.111 e. The molecule has 1 aliphatic carbocycles. The highest BCUT2D eigenvalue weighted by Crippen LogP contribution is 2.54. The van der Waals surface area contributed by atoms with Gasteiger partial charge >= 0.3 is 0 Å². The molecule has 0 radical (unpaired) electrons. The first-order chi connectivity index (χ1) is 25.7. The van der Waals surface area contributed by atoms with Gasteiger partial charge in [-0.25, -0.2) is 0 Å². The minimum absolute atomic E-state index is 0.00901. The first-order valence-electron chi connectivity index (χ1n) is 20.4. The lowest BCUT2D eigenvalue weighted by atomic mass is 9.62. The summed E-state index contributed by atoms with van der Waals surface area (Å²) in [5, 5.41) is 0. The van der Waals surface area contributed by atoms with Crippen molar-refractivity contribution in [2.75, 3.05) is 4.90 Å². The van der Waals surface area contributed by atoms with Crippen LogP contribution in [0.3, 0.4) is 0 Å². The van der Waals surface area contributed by atoms with Crippen LogP contribution in [0.5, 0.6) is 0 Å². The summed E-state index contributed by atoms with van der Waals surface area (Å²) in [5.41, 5.74) is 16.6. The second kappa shape index (κ2) is 13.6. The summed E-state index contributed by atoms with van der Waals surface area (Å²) in [6.45, 7) is 30.4. The molecule has 2 aliphatic rings. The average Bonchev–Trinajstić information content (AvgIpc) is 3.33. The largest absolute Gasteiger partial charge is 0.495 e. The molecule has 0 bridgehead atoms. The molecule has 0 N–H and O–H groups in total. The zero-order chi connectivity index (χ0) is 39.7. The van der Waals surface area contributed by atoms with Gasteiger partial charge in [-0.2, -0.15) is 0 Å². The third kappa shape index (κ3) is 6.96. The molecular formula is C53H63NO. The summed E-state index contributed by atoms with van der Waals surface area (Å²) in [6.07, 6.45) is 4.45. The Labute approximate surface area is 332 Å². The number of nitrogens with zero attached hydrogens (tertiary/aromatic N) is 1. The molecule has 1 heterocycles. The minimum Gasteiger partial charge on any atom is -0.495 e. The number of ether oxygens (including phenoxy) is 1. The molecule has 0 aromatic heterocycles. The number of rotatable bonds is 7. The minimum atomic E-state index is -0.334. The van der Waals surface area contributed by atoms with E-state index in [1.54, 1.807) is 0 Å². The van der Waals surface area contributed by atoms with Crippen LogP contribution in [-0.4, -0.2) is 5.60 Å². The van der Waals surface area contributed by atoms with Crippen LogP contribution < -0.4 is 4.90 Å². The van der Waals surface area contributed by atoms with Crippen molar-refractivity contribution in [2.24, 2.45) is 5.41 Å². The number of anilines is 3. The first-order valence-corrected chi connectivity index (χ1v) is 20.4. The second-order valence-electron chi connectivity index (χ2n) is 19.9. The monoisotopic (exact) mass is 729 g/mol. The topological polar surface area (TPSA) is 12.5 Å². The molecule has 7 rings (SSSR count). The van der Waals surface area contributed by atoms with Gasteiger partial charge in [0.2, 0.25) is 0 Å². The van der Waals surface area contributed by atoms with Crippen molar-refractivity contribution >= 4 is 17.1 Å². The molecule has 2 nitrogen and oxygen atoms in total. The molecule has 286 valence electrons. The van der Waals surface area contributed by atoms with E-state index in [0.29, 0.717) is 0 Å². The van der Waals surface area contributed by atoms with Gasteiger partial charge in [0.1, 0.15) is 5.60 Å². The van der Waals surface area contributed by atoms with Crippen LogP contribution in [0.4, 0.5) is 17.1 Å². The van der Waals surface area contributed by atoms with Crippen molar-refractivity contribution in [3.63, 3.8) is 0 Å². The van der Waals surface area contributed by atoms with E-state index in [4.69, 9.17) is 4.74 Å². The molecule has 2 heteroatoms. The van der Waals surface area contributed by atoms with E-state index in [1.165, 1.54) is 85.5 Å². The summed E-state index contributed by atoms with van der Waals surface area (Å²) in [6, 6.07) is 41.3. The third-order valence-corrected chi connectivity index (χ3v) is 13.5. The Bertz CT molecular complexity index is 2220. The SMILES string of the molecule is Cc1cc(C(C2=COC(C)(C)C2(C)C)c2ccc(-c3ccccc3)cc2)cc(N(c2ccc(C(C)(C)C)cc2)c2ccc3c(c2C)C(C)(C)CCC3(C)C)c1. The average molecular weight is 730 g/mol. The van der Waals surface area contributed by atoms with Crippen molar-refractivity contribution in [3.8, 4) is 11.1 Å². The van der Waals surface area contributed by atoms with E-state index in [0.717, 1.165) is 0 Å². The molecule has 1 atom stereocenters. The van der Waals surface area contributed by atoms with E-state index >= 15 is 0 Å². The number of benzene rings is 5. The van der Waals surface area contributed by atoms with E-state index in [2.05, 4.69) is 210 Å². The molecule has 0 amide bonds. The number of fused-ring (bicyclic) bond motifs is 1. The molecule has 0 saturated carbocycles. The van der Waals surface area contributed by atoms with Gasteiger partial charge in [0.25, 0.3) is 0 Å². The van der Waals surface area contributed by atoms with Gasteiger partial charge in [0.15, 0.2) is 0 Å². The van der Waals surface area contributed by atoms with Crippen LogP contribution >= 0.6 is 0 Å². The maximum Gasteiger partial charge on any atom is 0.111 e. The molecule has 1 unspecified atom stereocenters. The van der Waals surface area contributed by atoms with Crippen molar-refractivity contribution in [2.45, 2.75) is 131 Å². The van der Waals surface area contributed by atoms with Crippen LogP contribution in [0.1, 0.15) is 134 Å². The zero-order valence-electron chi connectivity index (χ0n) is 35.8. The molecule has 1 aliphatic heterocycles. The zero-order valence-corrected chi connectivity index (χ0v) is 35.8. The summed E-state index contributed by atoms with van der Waals surface area (Å²) in [4.78, 5) is 2.53. The predicted molar refractivity (Wildman–Crippen MR) is 235 cm³/mol. The molecular weight excluding hydrogens is 667 g/mol. The maximum absolute atomic E-state index is 6.50. The van der Waals surface area contributed by atoms with Crippen LogP contribution in [0.25, 0.3) is 11.1 Å². The molecule has 0 spiro atoms. The Balaban J connectivity index is 1.44. The second-order valence-corrected chi connectivity index (χ2v) is 19.9. The van der Waals surface area contributed by atoms with Gasteiger partial charge in [0.05, 0.1) is 6.26 Å². The van der Waals surface area contributed by atoms with Crippen LogP contribution in [0.2, 0.25) is 0 Å². The lowest BCUT2D eigenvalue weighted by molar-refractivity contribution is 0.00426. The van der Waals surface area contributed by atoms with Crippen molar-refractivity contribution in [1.82, 2.24) is 0 Å². The standard InChI is InChI=1S/C53H63NO/c1-35-31-40(47(45-34-55-53(12,13)52(45,10)11)39-21-19-38(20-22-39)37-17-15-14-16-18-37)33-43(32-35)54(42-25-23-41(24-26-42)49(3,4)5)46-28-27-44-48(36(46)2)51(8,9)30-29-50(44,6)7/h14-28,31-34,47H,29-30H2,1-13H3. The summed E-state index contributed by atoms with van der Waals surface area (Å²) in [5.74, 6) is 0.00901. The first kappa shape index (κ1) is 38.7. The highest BCUT2D eigenvalue weighted by Gasteiger charge is 2.49. The quantitative estimate of drug-likeness (QED) is 0.165. The fourth-order valence-electron chi connectivity index (χ4n) is 9.22. The van der Waals surface area contributed by atoms with E-state index in [1.807, 2.05) is 0 Å². The van der Waals surface area contributed by atoms with Gasteiger partial charge < -0.3 is 9.64 Å². The van der Waals surface area contributed by atoms with Gasteiger partial charge in [-0.1, -0.05) is 141 Å². The Morgan fingerprint density at radius 3 is 1.84 bits per heavy atom. The molecule has 5 aromatic rings. The highest BCUT2D eigenvalue weighted by atomic mass is 16.5. The van der Waals surface area contributed by atoms with Crippen LogP contribution in [0, 0.1) is 19.3 Å². The molecule has 5 aromatic carbocycles. The Morgan fingerprint density at radius 1 is 0.618 bits per heavy atom. The Kier molecular flexibility index (Phi) is 9.55. The van der Waals surface area contributed by atoms with E-state index in [9.17, 15) is 0 Å². The number of aryl methyl sites for hydroxylation is 1. The fraction of sp³-hybridized carbons (Fsp3) is 0.396.